The van der Waals surface area contributed by atoms with Gasteiger partial charge in [-0.25, -0.2) is 4.79 Å². The molecular formula is C28H27NO3. The predicted molar refractivity (Wildman–Crippen MR) is 126 cm³/mol. The Bertz CT molecular complexity index is 1120. The van der Waals surface area contributed by atoms with Crippen LogP contribution in [-0.2, 0) is 11.3 Å². The van der Waals surface area contributed by atoms with E-state index >= 15 is 0 Å². The van der Waals surface area contributed by atoms with Crippen LogP contribution in [0.4, 0.5) is 5.69 Å². The summed E-state index contributed by atoms with van der Waals surface area (Å²) in [7, 11) is 0. The van der Waals surface area contributed by atoms with E-state index in [0.717, 1.165) is 23.4 Å². The lowest BCUT2D eigenvalue weighted by molar-refractivity contribution is 0.0526. The van der Waals surface area contributed by atoms with Crippen molar-refractivity contribution in [3.8, 4) is 5.75 Å². The normalized spacial score (nSPS) is 20.7. The summed E-state index contributed by atoms with van der Waals surface area (Å²) in [4.78, 5) is 12.2. The van der Waals surface area contributed by atoms with E-state index in [1.807, 2.05) is 43.3 Å². The molecule has 0 amide bonds. The van der Waals surface area contributed by atoms with Crippen LogP contribution in [0.15, 0.2) is 84.9 Å². The molecule has 0 bridgehead atoms. The van der Waals surface area contributed by atoms with Crippen molar-refractivity contribution in [2.75, 3.05) is 11.9 Å². The van der Waals surface area contributed by atoms with E-state index in [1.165, 1.54) is 11.1 Å². The maximum Gasteiger partial charge on any atom is 0.338 e. The number of benzene rings is 3. The molecule has 0 saturated heterocycles. The van der Waals surface area contributed by atoms with Gasteiger partial charge in [-0.3, -0.25) is 0 Å². The zero-order valence-electron chi connectivity index (χ0n) is 18.2. The molecule has 1 heterocycles. The second kappa shape index (κ2) is 8.91. The average molecular weight is 426 g/mol. The number of hydrogen-bond acceptors (Lipinski definition) is 4. The Balaban J connectivity index is 1.34. The summed E-state index contributed by atoms with van der Waals surface area (Å²) in [6.45, 7) is 2.77. The van der Waals surface area contributed by atoms with Crippen LogP contribution in [0.5, 0.6) is 5.75 Å². The van der Waals surface area contributed by atoms with Crippen molar-refractivity contribution >= 4 is 11.7 Å². The lowest BCUT2D eigenvalue weighted by atomic mass is 9.76. The number of carbonyl (C=O) groups is 1. The van der Waals surface area contributed by atoms with Gasteiger partial charge in [0.2, 0.25) is 0 Å². The summed E-state index contributed by atoms with van der Waals surface area (Å²) in [6, 6.07) is 24.7. The zero-order chi connectivity index (χ0) is 21.9. The summed E-state index contributed by atoms with van der Waals surface area (Å²) < 4.78 is 11.1. The number of ether oxygens (including phenoxy) is 2. The smallest absolute Gasteiger partial charge is 0.338 e. The molecule has 3 aromatic rings. The van der Waals surface area contributed by atoms with Gasteiger partial charge in [0, 0.05) is 11.6 Å². The largest absolute Gasteiger partial charge is 0.489 e. The van der Waals surface area contributed by atoms with Crippen LogP contribution in [0.1, 0.15) is 52.4 Å². The molecule has 4 heteroatoms. The molecule has 0 aromatic heterocycles. The summed E-state index contributed by atoms with van der Waals surface area (Å²) >= 11 is 0. The van der Waals surface area contributed by atoms with Gasteiger partial charge >= 0.3 is 5.97 Å². The second-order valence-electron chi connectivity index (χ2n) is 8.34. The molecule has 162 valence electrons. The van der Waals surface area contributed by atoms with E-state index in [0.29, 0.717) is 30.6 Å². The van der Waals surface area contributed by atoms with Crippen molar-refractivity contribution in [3.05, 3.63) is 107 Å². The highest BCUT2D eigenvalue weighted by atomic mass is 16.5. The molecule has 5 rings (SSSR count). The SMILES string of the molecule is CCOC(=O)c1ccc2c(c1)C1C=CCC1C(c1ccc(OCc3ccccc3)cc1)N2. The number of nitrogens with one attached hydrogen (secondary N) is 1. The Morgan fingerprint density at radius 3 is 2.62 bits per heavy atom. The molecular weight excluding hydrogens is 398 g/mol. The zero-order valence-corrected chi connectivity index (χ0v) is 18.2. The van der Waals surface area contributed by atoms with E-state index in [1.54, 1.807) is 0 Å². The topological polar surface area (TPSA) is 47.6 Å². The first-order chi connectivity index (χ1) is 15.7. The molecule has 1 aliphatic carbocycles. The fourth-order valence-electron chi connectivity index (χ4n) is 4.78. The van der Waals surface area contributed by atoms with Crippen LogP contribution in [-0.4, -0.2) is 12.6 Å². The van der Waals surface area contributed by atoms with Crippen molar-refractivity contribution in [1.82, 2.24) is 0 Å². The molecule has 0 radical (unpaired) electrons. The first kappa shape index (κ1) is 20.4. The Morgan fingerprint density at radius 2 is 1.84 bits per heavy atom. The van der Waals surface area contributed by atoms with E-state index in [4.69, 9.17) is 9.47 Å². The summed E-state index contributed by atoms with van der Waals surface area (Å²) in [6.07, 6.45) is 5.55. The highest BCUT2D eigenvalue weighted by Crippen LogP contribution is 2.50. The van der Waals surface area contributed by atoms with Gasteiger partial charge in [-0.1, -0.05) is 54.6 Å². The standard InChI is InChI=1S/C28H27NO3/c1-2-31-28(30)21-13-16-26-25(17-21)23-9-6-10-24(23)27(29-26)20-11-14-22(15-12-20)32-18-19-7-4-3-5-8-19/h3-9,11-17,23-24,27,29H,2,10,18H2,1H3. The van der Waals surface area contributed by atoms with Crippen LogP contribution < -0.4 is 10.1 Å². The Hall–Kier alpha value is -3.53. The number of carbonyl (C=O) groups excluding carboxylic acids is 1. The van der Waals surface area contributed by atoms with Crippen molar-refractivity contribution in [2.45, 2.75) is 31.9 Å². The van der Waals surface area contributed by atoms with Gasteiger partial charge in [0.1, 0.15) is 12.4 Å². The minimum atomic E-state index is -0.262. The Kier molecular flexibility index (Phi) is 5.68. The van der Waals surface area contributed by atoms with E-state index in [9.17, 15) is 4.79 Å². The first-order valence-corrected chi connectivity index (χ1v) is 11.2. The third-order valence-corrected chi connectivity index (χ3v) is 6.36. The molecule has 32 heavy (non-hydrogen) atoms. The van der Waals surface area contributed by atoms with Crippen LogP contribution in [0.2, 0.25) is 0 Å². The fraction of sp³-hybridized carbons (Fsp3) is 0.250. The van der Waals surface area contributed by atoms with Gasteiger partial charge in [0.25, 0.3) is 0 Å². The van der Waals surface area contributed by atoms with Crippen LogP contribution in [0.3, 0.4) is 0 Å². The van der Waals surface area contributed by atoms with Gasteiger partial charge in [-0.2, -0.15) is 0 Å². The molecule has 0 saturated carbocycles. The summed E-state index contributed by atoms with van der Waals surface area (Å²) in [5.74, 6) is 1.31. The number of hydrogen-bond donors (Lipinski definition) is 1. The van der Waals surface area contributed by atoms with E-state index < -0.39 is 0 Å². The van der Waals surface area contributed by atoms with E-state index in [2.05, 4.69) is 53.9 Å². The average Bonchev–Trinajstić information content (AvgIpc) is 3.33. The first-order valence-electron chi connectivity index (χ1n) is 11.2. The van der Waals surface area contributed by atoms with Gasteiger partial charge < -0.3 is 14.8 Å². The van der Waals surface area contributed by atoms with Crippen molar-refractivity contribution < 1.29 is 14.3 Å². The maximum absolute atomic E-state index is 12.2. The maximum atomic E-state index is 12.2. The number of fused-ring (bicyclic) bond motifs is 3. The molecule has 3 unspecified atom stereocenters. The van der Waals surface area contributed by atoms with Gasteiger partial charge in [-0.15, -0.1) is 0 Å². The van der Waals surface area contributed by atoms with Gasteiger partial charge in [-0.05, 0) is 66.3 Å². The summed E-state index contributed by atoms with van der Waals surface area (Å²) in [5.41, 5.74) is 5.28. The predicted octanol–water partition coefficient (Wildman–Crippen LogP) is 6.27. The summed E-state index contributed by atoms with van der Waals surface area (Å²) in [5, 5.41) is 3.73. The molecule has 1 aliphatic heterocycles. The molecule has 0 spiro atoms. The monoisotopic (exact) mass is 425 g/mol. The number of rotatable bonds is 6. The fourth-order valence-corrected chi connectivity index (χ4v) is 4.78. The molecule has 2 aliphatic rings. The van der Waals surface area contributed by atoms with Crippen molar-refractivity contribution in [3.63, 3.8) is 0 Å². The highest BCUT2D eigenvalue weighted by molar-refractivity contribution is 5.90. The quantitative estimate of drug-likeness (QED) is 0.374. The van der Waals surface area contributed by atoms with Crippen LogP contribution in [0.25, 0.3) is 0 Å². The Labute approximate surface area is 188 Å². The second-order valence-corrected chi connectivity index (χ2v) is 8.34. The minimum Gasteiger partial charge on any atom is -0.489 e. The van der Waals surface area contributed by atoms with Crippen LogP contribution in [0, 0.1) is 5.92 Å². The van der Waals surface area contributed by atoms with Gasteiger partial charge in [0.15, 0.2) is 0 Å². The van der Waals surface area contributed by atoms with Gasteiger partial charge in [0.05, 0.1) is 18.2 Å². The minimum absolute atomic E-state index is 0.208. The number of anilines is 1. The lowest BCUT2D eigenvalue weighted by Gasteiger charge is -2.37. The van der Waals surface area contributed by atoms with Crippen molar-refractivity contribution in [2.24, 2.45) is 5.92 Å². The number of esters is 1. The third-order valence-electron chi connectivity index (χ3n) is 6.36. The molecule has 3 atom stereocenters. The Morgan fingerprint density at radius 1 is 1.03 bits per heavy atom. The molecule has 4 nitrogen and oxygen atoms in total. The number of allylic oxidation sites excluding steroid dienone is 2. The molecule has 0 fully saturated rings. The molecule has 3 aromatic carbocycles. The van der Waals surface area contributed by atoms with Crippen molar-refractivity contribution in [1.29, 1.82) is 0 Å². The van der Waals surface area contributed by atoms with Crippen LogP contribution >= 0.6 is 0 Å². The molecule has 1 N–H and O–H groups in total. The lowest BCUT2D eigenvalue weighted by Crippen LogP contribution is -2.29. The van der Waals surface area contributed by atoms with E-state index in [-0.39, 0.29) is 12.0 Å². The third kappa shape index (κ3) is 4.01. The highest BCUT2D eigenvalue weighted by Gasteiger charge is 2.38.